The molecule has 0 saturated carbocycles. The van der Waals surface area contributed by atoms with Crippen LogP contribution in [0.2, 0.25) is 0 Å². The molecule has 0 heterocycles. The number of nitrogens with one attached hydrogen (secondary N) is 1. The van der Waals surface area contributed by atoms with Gasteiger partial charge >= 0.3 is 0 Å². The topological polar surface area (TPSA) is 32.3 Å². The first-order valence-electron chi connectivity index (χ1n) is 4.88. The highest BCUT2D eigenvalue weighted by atomic mass is 32.2. The van der Waals surface area contributed by atoms with Crippen molar-refractivity contribution in [2.75, 3.05) is 25.1 Å². The van der Waals surface area contributed by atoms with E-state index in [4.69, 9.17) is 0 Å². The summed E-state index contributed by atoms with van der Waals surface area (Å²) in [6.45, 7) is 1.22. The minimum atomic E-state index is -0.770. The minimum Gasteiger partial charge on any atom is -0.387 e. The van der Waals surface area contributed by atoms with Gasteiger partial charge in [-0.05, 0) is 12.3 Å². The second-order valence-electron chi connectivity index (χ2n) is 3.23. The van der Waals surface area contributed by atoms with E-state index in [1.54, 1.807) is 30.0 Å². The summed E-state index contributed by atoms with van der Waals surface area (Å²) in [5.74, 6) is 0.640. The van der Waals surface area contributed by atoms with Crippen LogP contribution in [-0.2, 0) is 0 Å². The smallest absolute Gasteiger partial charge is 0.129 e. The molecule has 15 heavy (non-hydrogen) atoms. The van der Waals surface area contributed by atoms with Crippen LogP contribution < -0.4 is 5.32 Å². The first kappa shape index (κ1) is 12.5. The molecule has 0 aliphatic heterocycles. The van der Waals surface area contributed by atoms with E-state index in [0.717, 1.165) is 12.3 Å². The maximum atomic E-state index is 13.2. The van der Waals surface area contributed by atoms with Crippen molar-refractivity contribution in [1.82, 2.24) is 5.32 Å². The molecule has 0 aliphatic rings. The molecule has 1 rings (SSSR count). The van der Waals surface area contributed by atoms with Crippen molar-refractivity contribution in [3.63, 3.8) is 0 Å². The van der Waals surface area contributed by atoms with Crippen molar-refractivity contribution >= 4 is 11.8 Å². The summed E-state index contributed by atoms with van der Waals surface area (Å²) >= 11 is 1.73. The fourth-order valence-electron chi connectivity index (χ4n) is 1.27. The second kappa shape index (κ2) is 6.82. The largest absolute Gasteiger partial charge is 0.387 e. The summed E-state index contributed by atoms with van der Waals surface area (Å²) in [6, 6.07) is 6.31. The molecule has 0 amide bonds. The van der Waals surface area contributed by atoms with Gasteiger partial charge in [0.05, 0.1) is 6.10 Å². The third-order valence-corrected chi connectivity index (χ3v) is 2.70. The minimum absolute atomic E-state index is 0.350. The van der Waals surface area contributed by atoms with E-state index in [2.05, 4.69) is 5.32 Å². The molecular weight excluding hydrogens is 213 g/mol. The van der Waals surface area contributed by atoms with Gasteiger partial charge in [-0.25, -0.2) is 4.39 Å². The van der Waals surface area contributed by atoms with Crippen molar-refractivity contribution in [3.8, 4) is 0 Å². The average Bonchev–Trinajstić information content (AvgIpc) is 2.25. The van der Waals surface area contributed by atoms with E-state index in [0.29, 0.717) is 12.1 Å². The normalized spacial score (nSPS) is 12.7. The van der Waals surface area contributed by atoms with Crippen LogP contribution in [0.25, 0.3) is 0 Å². The maximum Gasteiger partial charge on any atom is 0.129 e. The lowest BCUT2D eigenvalue weighted by atomic mass is 10.1. The summed E-state index contributed by atoms with van der Waals surface area (Å²) < 4.78 is 13.2. The van der Waals surface area contributed by atoms with Crippen LogP contribution in [0.4, 0.5) is 4.39 Å². The Hall–Kier alpha value is -0.580. The number of aliphatic hydroxyl groups is 1. The van der Waals surface area contributed by atoms with Crippen molar-refractivity contribution in [2.45, 2.75) is 6.10 Å². The molecule has 0 saturated heterocycles. The van der Waals surface area contributed by atoms with Crippen LogP contribution in [-0.4, -0.2) is 30.2 Å². The SMILES string of the molecule is CSCCNCC(O)c1ccccc1F. The number of benzene rings is 1. The zero-order valence-corrected chi connectivity index (χ0v) is 9.56. The molecule has 0 aromatic heterocycles. The van der Waals surface area contributed by atoms with Crippen LogP contribution >= 0.6 is 11.8 Å². The van der Waals surface area contributed by atoms with Crippen LogP contribution in [0.15, 0.2) is 24.3 Å². The van der Waals surface area contributed by atoms with E-state index in [1.165, 1.54) is 6.07 Å². The molecule has 0 bridgehead atoms. The van der Waals surface area contributed by atoms with Gasteiger partial charge in [0, 0.05) is 24.4 Å². The van der Waals surface area contributed by atoms with Gasteiger partial charge in [-0.3, -0.25) is 0 Å². The zero-order valence-electron chi connectivity index (χ0n) is 8.74. The van der Waals surface area contributed by atoms with E-state index in [1.807, 2.05) is 6.26 Å². The molecular formula is C11H16FNOS. The summed E-state index contributed by atoms with van der Waals surface area (Å²) in [5.41, 5.74) is 0.356. The lowest BCUT2D eigenvalue weighted by molar-refractivity contribution is 0.171. The fraction of sp³-hybridized carbons (Fsp3) is 0.455. The van der Waals surface area contributed by atoms with Gasteiger partial charge in [0.1, 0.15) is 5.82 Å². The average molecular weight is 229 g/mol. The van der Waals surface area contributed by atoms with Crippen molar-refractivity contribution in [1.29, 1.82) is 0 Å². The Labute approximate surface area is 93.9 Å². The number of halogens is 1. The van der Waals surface area contributed by atoms with Crippen molar-refractivity contribution in [3.05, 3.63) is 35.6 Å². The Morgan fingerprint density at radius 2 is 2.20 bits per heavy atom. The van der Waals surface area contributed by atoms with Gasteiger partial charge in [-0.2, -0.15) is 11.8 Å². The monoisotopic (exact) mass is 229 g/mol. The van der Waals surface area contributed by atoms with Gasteiger partial charge in [0.15, 0.2) is 0 Å². The van der Waals surface area contributed by atoms with Crippen molar-refractivity contribution < 1.29 is 9.50 Å². The van der Waals surface area contributed by atoms with Gasteiger partial charge < -0.3 is 10.4 Å². The Morgan fingerprint density at radius 3 is 2.87 bits per heavy atom. The Balaban J connectivity index is 2.40. The second-order valence-corrected chi connectivity index (χ2v) is 4.22. The van der Waals surface area contributed by atoms with Crippen LogP contribution in [0.5, 0.6) is 0 Å². The van der Waals surface area contributed by atoms with E-state index < -0.39 is 6.10 Å². The number of aliphatic hydroxyl groups excluding tert-OH is 1. The van der Waals surface area contributed by atoms with Gasteiger partial charge in [-0.1, -0.05) is 18.2 Å². The highest BCUT2D eigenvalue weighted by Crippen LogP contribution is 2.15. The Bertz CT molecular complexity index is 296. The molecule has 2 N–H and O–H groups in total. The number of rotatable bonds is 6. The molecule has 0 fully saturated rings. The molecule has 1 unspecified atom stereocenters. The number of thioether (sulfide) groups is 1. The summed E-state index contributed by atoms with van der Waals surface area (Å²) in [7, 11) is 0. The molecule has 1 atom stereocenters. The standard InChI is InChI=1S/C11H16FNOS/c1-15-7-6-13-8-11(14)9-4-2-3-5-10(9)12/h2-5,11,13-14H,6-8H2,1H3. The van der Waals surface area contributed by atoms with Gasteiger partial charge in [0.25, 0.3) is 0 Å². The lowest BCUT2D eigenvalue weighted by Crippen LogP contribution is -2.24. The fourth-order valence-corrected chi connectivity index (χ4v) is 1.62. The molecule has 0 aliphatic carbocycles. The predicted molar refractivity (Wildman–Crippen MR) is 62.6 cm³/mol. The van der Waals surface area contributed by atoms with Crippen LogP contribution in [0.3, 0.4) is 0 Å². The van der Waals surface area contributed by atoms with E-state index in [9.17, 15) is 9.50 Å². The highest BCUT2D eigenvalue weighted by Gasteiger charge is 2.10. The number of hydrogen-bond donors (Lipinski definition) is 2. The molecule has 2 nitrogen and oxygen atoms in total. The summed E-state index contributed by atoms with van der Waals surface area (Å²) in [5, 5.41) is 12.8. The highest BCUT2D eigenvalue weighted by molar-refractivity contribution is 7.98. The third kappa shape index (κ3) is 4.20. The van der Waals surface area contributed by atoms with Crippen LogP contribution in [0.1, 0.15) is 11.7 Å². The van der Waals surface area contributed by atoms with Crippen LogP contribution in [0, 0.1) is 5.82 Å². The molecule has 84 valence electrons. The zero-order chi connectivity index (χ0) is 11.1. The predicted octanol–water partition coefficient (Wildman–Crippen LogP) is 1.81. The Kier molecular flexibility index (Phi) is 5.68. The number of hydrogen-bond acceptors (Lipinski definition) is 3. The molecule has 1 aromatic rings. The Morgan fingerprint density at radius 1 is 1.47 bits per heavy atom. The van der Waals surface area contributed by atoms with E-state index >= 15 is 0 Å². The maximum absolute atomic E-state index is 13.2. The lowest BCUT2D eigenvalue weighted by Gasteiger charge is -2.12. The molecule has 0 radical (unpaired) electrons. The van der Waals surface area contributed by atoms with Gasteiger partial charge in [0.2, 0.25) is 0 Å². The third-order valence-electron chi connectivity index (χ3n) is 2.08. The molecule has 0 spiro atoms. The van der Waals surface area contributed by atoms with Crippen molar-refractivity contribution in [2.24, 2.45) is 0 Å². The first-order chi connectivity index (χ1) is 7.25. The molecule has 4 heteroatoms. The quantitative estimate of drug-likeness (QED) is 0.730. The summed E-state index contributed by atoms with van der Waals surface area (Å²) in [6.07, 6.45) is 1.25. The first-order valence-corrected chi connectivity index (χ1v) is 6.27. The van der Waals surface area contributed by atoms with E-state index in [-0.39, 0.29) is 5.82 Å². The molecule has 1 aromatic carbocycles. The van der Waals surface area contributed by atoms with Gasteiger partial charge in [-0.15, -0.1) is 0 Å². The summed E-state index contributed by atoms with van der Waals surface area (Å²) in [4.78, 5) is 0.